The van der Waals surface area contributed by atoms with E-state index in [1.165, 1.54) is 4.31 Å². The number of carbonyl (C=O) groups excluding carboxylic acids is 1. The monoisotopic (exact) mass is 359 g/mol. The lowest BCUT2D eigenvalue weighted by Gasteiger charge is -2.30. The Hall–Kier alpha value is -2.18. The van der Waals surface area contributed by atoms with Crippen molar-refractivity contribution in [2.75, 3.05) is 13.1 Å². The van der Waals surface area contributed by atoms with Gasteiger partial charge in [-0.05, 0) is 44.0 Å². The maximum Gasteiger partial charge on any atom is 0.314 e. The van der Waals surface area contributed by atoms with E-state index in [9.17, 15) is 13.2 Å². The summed E-state index contributed by atoms with van der Waals surface area (Å²) in [7, 11) is -3.49. The number of carbonyl (C=O) groups is 1. The molecule has 25 heavy (non-hydrogen) atoms. The van der Waals surface area contributed by atoms with Gasteiger partial charge in [0.25, 0.3) is 0 Å². The molecule has 0 aliphatic carbocycles. The van der Waals surface area contributed by atoms with Gasteiger partial charge in [-0.15, -0.1) is 0 Å². The Labute approximate surface area is 148 Å². The smallest absolute Gasteiger partial charge is 0.314 e. The molecule has 0 aromatic heterocycles. The average Bonchev–Trinajstić information content (AvgIpc) is 2.64. The fourth-order valence-electron chi connectivity index (χ4n) is 2.88. The SMILES string of the molecule is Cc1ccc(OC(=O)C2CCN(S(=O)(=O)c3ccccc3)CC2)cc1. The quantitative estimate of drug-likeness (QED) is 0.622. The van der Waals surface area contributed by atoms with Gasteiger partial charge >= 0.3 is 5.97 Å². The third-order valence-electron chi connectivity index (χ3n) is 4.41. The molecule has 0 spiro atoms. The summed E-state index contributed by atoms with van der Waals surface area (Å²) < 4.78 is 32.0. The predicted octanol–water partition coefficient (Wildman–Crippen LogP) is 3.00. The molecular weight excluding hydrogens is 338 g/mol. The summed E-state index contributed by atoms with van der Waals surface area (Å²) in [6.07, 6.45) is 0.938. The van der Waals surface area contributed by atoms with E-state index in [1.54, 1.807) is 42.5 Å². The van der Waals surface area contributed by atoms with E-state index in [-0.39, 0.29) is 16.8 Å². The van der Waals surface area contributed by atoms with Crippen LogP contribution in [0.3, 0.4) is 0 Å². The van der Waals surface area contributed by atoms with Crippen molar-refractivity contribution in [1.29, 1.82) is 0 Å². The standard InChI is InChI=1S/C19H21NO4S/c1-15-7-9-17(10-8-15)24-19(21)16-11-13-20(14-12-16)25(22,23)18-5-3-2-4-6-18/h2-10,16H,11-14H2,1H3. The molecule has 1 aliphatic heterocycles. The highest BCUT2D eigenvalue weighted by Crippen LogP contribution is 2.25. The highest BCUT2D eigenvalue weighted by atomic mass is 32.2. The molecule has 1 heterocycles. The summed E-state index contributed by atoms with van der Waals surface area (Å²) >= 11 is 0. The number of benzene rings is 2. The topological polar surface area (TPSA) is 63.7 Å². The largest absolute Gasteiger partial charge is 0.426 e. The van der Waals surface area contributed by atoms with E-state index < -0.39 is 10.0 Å². The first-order valence-corrected chi connectivity index (χ1v) is 9.74. The molecule has 2 aromatic carbocycles. The van der Waals surface area contributed by atoms with E-state index in [4.69, 9.17) is 4.74 Å². The molecule has 1 fully saturated rings. The number of nitrogens with zero attached hydrogens (tertiary/aromatic N) is 1. The van der Waals surface area contributed by atoms with E-state index in [1.807, 2.05) is 19.1 Å². The molecule has 0 saturated carbocycles. The van der Waals surface area contributed by atoms with Crippen LogP contribution in [0.4, 0.5) is 0 Å². The van der Waals surface area contributed by atoms with Crippen molar-refractivity contribution in [2.24, 2.45) is 5.92 Å². The Morgan fingerprint density at radius 2 is 1.60 bits per heavy atom. The first kappa shape index (κ1) is 17.6. The van der Waals surface area contributed by atoms with Crippen molar-refractivity contribution in [3.05, 3.63) is 60.2 Å². The molecule has 0 radical (unpaired) electrons. The van der Waals surface area contributed by atoms with Gasteiger partial charge in [0.15, 0.2) is 0 Å². The molecule has 1 saturated heterocycles. The zero-order valence-electron chi connectivity index (χ0n) is 14.1. The van der Waals surface area contributed by atoms with E-state index in [0.29, 0.717) is 31.7 Å². The van der Waals surface area contributed by atoms with E-state index >= 15 is 0 Å². The number of esters is 1. The molecule has 132 valence electrons. The number of piperidine rings is 1. The lowest BCUT2D eigenvalue weighted by Crippen LogP contribution is -2.41. The van der Waals surface area contributed by atoms with Crippen LogP contribution in [0, 0.1) is 12.8 Å². The van der Waals surface area contributed by atoms with E-state index in [2.05, 4.69) is 0 Å². The van der Waals surface area contributed by atoms with Crippen molar-refractivity contribution in [2.45, 2.75) is 24.7 Å². The zero-order valence-corrected chi connectivity index (χ0v) is 14.9. The second-order valence-corrected chi connectivity index (χ2v) is 8.16. The zero-order chi connectivity index (χ0) is 17.9. The minimum Gasteiger partial charge on any atom is -0.426 e. The van der Waals surface area contributed by atoms with Crippen molar-refractivity contribution < 1.29 is 17.9 Å². The Morgan fingerprint density at radius 3 is 2.20 bits per heavy atom. The maximum atomic E-state index is 12.6. The third kappa shape index (κ3) is 4.08. The van der Waals surface area contributed by atoms with Crippen LogP contribution in [0.25, 0.3) is 0 Å². The van der Waals surface area contributed by atoms with Gasteiger partial charge in [-0.3, -0.25) is 4.79 Å². The summed E-state index contributed by atoms with van der Waals surface area (Å²) in [5, 5.41) is 0. The molecule has 0 unspecified atom stereocenters. The fourth-order valence-corrected chi connectivity index (χ4v) is 4.37. The summed E-state index contributed by atoms with van der Waals surface area (Å²) in [5.74, 6) is -0.0425. The lowest BCUT2D eigenvalue weighted by molar-refractivity contribution is -0.140. The van der Waals surface area contributed by atoms with E-state index in [0.717, 1.165) is 5.56 Å². The summed E-state index contributed by atoms with van der Waals surface area (Å²) in [6, 6.07) is 15.7. The molecule has 0 bridgehead atoms. The number of hydrogen-bond acceptors (Lipinski definition) is 4. The van der Waals surface area contributed by atoms with Crippen LogP contribution >= 0.6 is 0 Å². The number of hydrogen-bond donors (Lipinski definition) is 0. The third-order valence-corrected chi connectivity index (χ3v) is 6.32. The Morgan fingerprint density at radius 1 is 1.00 bits per heavy atom. The molecule has 5 nitrogen and oxygen atoms in total. The van der Waals surface area contributed by atoms with Crippen LogP contribution in [0.2, 0.25) is 0 Å². The van der Waals surface area contributed by atoms with Gasteiger partial charge in [0.05, 0.1) is 10.8 Å². The van der Waals surface area contributed by atoms with Crippen LogP contribution in [0.15, 0.2) is 59.5 Å². The van der Waals surface area contributed by atoms with Crippen LogP contribution in [-0.2, 0) is 14.8 Å². The Kier molecular flexibility index (Phi) is 5.20. The predicted molar refractivity (Wildman–Crippen MR) is 94.7 cm³/mol. The van der Waals surface area contributed by atoms with Crippen LogP contribution in [0.1, 0.15) is 18.4 Å². The van der Waals surface area contributed by atoms with Gasteiger partial charge < -0.3 is 4.74 Å². The average molecular weight is 359 g/mol. The molecule has 3 rings (SSSR count). The van der Waals surface area contributed by atoms with Gasteiger partial charge in [0.2, 0.25) is 10.0 Å². The number of rotatable bonds is 4. The molecule has 6 heteroatoms. The van der Waals surface area contributed by atoms with Gasteiger partial charge in [-0.2, -0.15) is 4.31 Å². The van der Waals surface area contributed by atoms with Crippen molar-refractivity contribution in [3.63, 3.8) is 0 Å². The second-order valence-electron chi connectivity index (χ2n) is 6.23. The number of aryl methyl sites for hydroxylation is 1. The summed E-state index contributed by atoms with van der Waals surface area (Å²) in [4.78, 5) is 12.6. The number of sulfonamides is 1. The molecule has 0 atom stereocenters. The van der Waals surface area contributed by atoms with Gasteiger partial charge in [-0.1, -0.05) is 35.9 Å². The molecule has 1 aliphatic rings. The maximum absolute atomic E-state index is 12.6. The van der Waals surface area contributed by atoms with Gasteiger partial charge in [-0.25, -0.2) is 8.42 Å². The van der Waals surface area contributed by atoms with Gasteiger partial charge in [0, 0.05) is 13.1 Å². The first-order chi connectivity index (χ1) is 12.0. The lowest BCUT2D eigenvalue weighted by atomic mass is 9.98. The second kappa shape index (κ2) is 7.37. The number of ether oxygens (including phenoxy) is 1. The fraction of sp³-hybridized carbons (Fsp3) is 0.316. The van der Waals surface area contributed by atoms with Crippen molar-refractivity contribution in [1.82, 2.24) is 4.31 Å². The minimum atomic E-state index is -3.49. The Balaban J connectivity index is 1.60. The van der Waals surface area contributed by atoms with Crippen LogP contribution in [0.5, 0.6) is 5.75 Å². The highest BCUT2D eigenvalue weighted by molar-refractivity contribution is 7.89. The van der Waals surface area contributed by atoms with Crippen LogP contribution < -0.4 is 4.74 Å². The van der Waals surface area contributed by atoms with Crippen molar-refractivity contribution >= 4 is 16.0 Å². The first-order valence-electron chi connectivity index (χ1n) is 8.30. The summed E-state index contributed by atoms with van der Waals surface area (Å²) in [5.41, 5.74) is 1.10. The normalized spacial score (nSPS) is 16.5. The molecule has 0 amide bonds. The van der Waals surface area contributed by atoms with Crippen molar-refractivity contribution in [3.8, 4) is 5.75 Å². The molecule has 0 N–H and O–H groups in total. The minimum absolute atomic E-state index is 0.275. The molecular formula is C19H21NO4S. The molecule has 2 aromatic rings. The van der Waals surface area contributed by atoms with Crippen LogP contribution in [-0.4, -0.2) is 31.8 Å². The van der Waals surface area contributed by atoms with Gasteiger partial charge in [0.1, 0.15) is 5.75 Å². The Bertz CT molecular complexity index is 823. The highest BCUT2D eigenvalue weighted by Gasteiger charge is 2.32. The summed E-state index contributed by atoms with van der Waals surface area (Å²) in [6.45, 7) is 2.62.